The molecule has 0 fully saturated rings. The largest absolute Gasteiger partial charge is 0.318 e. The highest BCUT2D eigenvalue weighted by Crippen LogP contribution is 2.19. The smallest absolute Gasteiger partial charge is 0.0225 e. The van der Waals surface area contributed by atoms with Crippen molar-refractivity contribution in [2.24, 2.45) is 0 Å². The first-order chi connectivity index (χ1) is 8.13. The van der Waals surface area contributed by atoms with E-state index in [0.717, 1.165) is 12.8 Å². The lowest BCUT2D eigenvalue weighted by Gasteiger charge is -2.21. The summed E-state index contributed by atoms with van der Waals surface area (Å²) in [6.45, 7) is 6.51. The van der Waals surface area contributed by atoms with Gasteiger partial charge in [0.15, 0.2) is 0 Å². The molecule has 0 aromatic heterocycles. The van der Waals surface area contributed by atoms with Gasteiger partial charge in [-0.25, -0.2) is 5.43 Å². The van der Waals surface area contributed by atoms with Gasteiger partial charge in [0.2, 0.25) is 0 Å². The molecule has 1 rings (SSSR count). The molecule has 0 saturated heterocycles. The van der Waals surface area contributed by atoms with Gasteiger partial charge in [-0.15, -0.1) is 0 Å². The van der Waals surface area contributed by atoms with Crippen molar-refractivity contribution in [1.29, 1.82) is 0 Å². The van der Waals surface area contributed by atoms with E-state index in [4.69, 9.17) is 0 Å². The van der Waals surface area contributed by atoms with E-state index in [2.05, 4.69) is 74.8 Å². The van der Waals surface area contributed by atoms with Crippen LogP contribution in [0.3, 0.4) is 0 Å². The third-order valence-electron chi connectivity index (χ3n) is 2.48. The second-order valence-electron chi connectivity index (χ2n) is 4.67. The van der Waals surface area contributed by atoms with Crippen LogP contribution >= 0.6 is 0 Å². The van der Waals surface area contributed by atoms with Gasteiger partial charge in [-0.2, -0.15) is 0 Å². The second kappa shape index (κ2) is 7.13. The Morgan fingerprint density at radius 2 is 1.94 bits per heavy atom. The first kappa shape index (κ1) is 13.8. The van der Waals surface area contributed by atoms with Crippen LogP contribution in [0.4, 0.5) is 0 Å². The summed E-state index contributed by atoms with van der Waals surface area (Å²) in [5.74, 6) is 0. The Kier molecular flexibility index (Phi) is 5.78. The third kappa shape index (κ3) is 5.05. The predicted molar refractivity (Wildman–Crippen MR) is 75.4 cm³/mol. The summed E-state index contributed by atoms with van der Waals surface area (Å²) in [6, 6.07) is 11.0. The van der Waals surface area contributed by atoms with Crippen molar-refractivity contribution in [2.75, 3.05) is 7.05 Å². The Morgan fingerprint density at radius 1 is 1.29 bits per heavy atom. The van der Waals surface area contributed by atoms with Crippen molar-refractivity contribution in [1.82, 2.24) is 10.4 Å². The zero-order valence-corrected chi connectivity index (χ0v) is 11.4. The van der Waals surface area contributed by atoms with Crippen LogP contribution in [-0.2, 0) is 0 Å². The fourth-order valence-corrected chi connectivity index (χ4v) is 1.88. The first-order valence-corrected chi connectivity index (χ1v) is 6.38. The zero-order chi connectivity index (χ0) is 12.7. The molecule has 0 amide bonds. The number of hydrogen-bond donors (Lipinski definition) is 1. The monoisotopic (exact) mass is 232 g/mol. The summed E-state index contributed by atoms with van der Waals surface area (Å²) in [5.41, 5.74) is 6.05. The minimum absolute atomic E-state index is 0.454. The molecule has 1 N–H and O–H groups in total. The van der Waals surface area contributed by atoms with E-state index >= 15 is 0 Å². The lowest BCUT2D eigenvalue weighted by Crippen LogP contribution is -2.35. The Bertz CT molecular complexity index is 341. The summed E-state index contributed by atoms with van der Waals surface area (Å²) in [4.78, 5) is 0. The van der Waals surface area contributed by atoms with Gasteiger partial charge < -0.3 is 5.01 Å². The van der Waals surface area contributed by atoms with Crippen LogP contribution in [0.15, 0.2) is 36.5 Å². The molecule has 2 heteroatoms. The predicted octanol–water partition coefficient (Wildman–Crippen LogP) is 3.67. The van der Waals surface area contributed by atoms with Gasteiger partial charge in [-0.3, -0.25) is 0 Å². The molecule has 0 radical (unpaired) electrons. The fourth-order valence-electron chi connectivity index (χ4n) is 1.88. The molecule has 0 heterocycles. The van der Waals surface area contributed by atoms with E-state index in [-0.39, 0.29) is 0 Å². The molecule has 1 aromatic rings. The number of benzene rings is 1. The zero-order valence-electron chi connectivity index (χ0n) is 11.4. The maximum atomic E-state index is 3.36. The lowest BCUT2D eigenvalue weighted by atomic mass is 10.0. The van der Waals surface area contributed by atoms with E-state index in [0.29, 0.717) is 6.04 Å². The highest BCUT2D eigenvalue weighted by atomic mass is 15.5. The summed E-state index contributed by atoms with van der Waals surface area (Å²) < 4.78 is 0. The third-order valence-corrected chi connectivity index (χ3v) is 2.48. The van der Waals surface area contributed by atoms with Crippen molar-refractivity contribution < 1.29 is 0 Å². The quantitative estimate of drug-likeness (QED) is 0.753. The van der Waals surface area contributed by atoms with Crippen molar-refractivity contribution in [3.8, 4) is 0 Å². The van der Waals surface area contributed by atoms with Gasteiger partial charge in [0.05, 0.1) is 0 Å². The molecule has 94 valence electrons. The lowest BCUT2D eigenvalue weighted by molar-refractivity contribution is 0.293. The average molecular weight is 232 g/mol. The van der Waals surface area contributed by atoms with Gasteiger partial charge in [-0.1, -0.05) is 43.7 Å². The second-order valence-corrected chi connectivity index (χ2v) is 4.67. The topological polar surface area (TPSA) is 15.3 Å². The van der Waals surface area contributed by atoms with Crippen LogP contribution < -0.4 is 5.43 Å². The van der Waals surface area contributed by atoms with E-state index in [9.17, 15) is 0 Å². The molecule has 0 aliphatic rings. The van der Waals surface area contributed by atoms with E-state index < -0.39 is 0 Å². The minimum Gasteiger partial charge on any atom is -0.318 e. The van der Waals surface area contributed by atoms with Crippen molar-refractivity contribution in [3.05, 3.63) is 42.1 Å². The Morgan fingerprint density at radius 3 is 2.47 bits per heavy atom. The van der Waals surface area contributed by atoms with Gasteiger partial charge in [-0.05, 0) is 31.4 Å². The van der Waals surface area contributed by atoms with Gasteiger partial charge in [0, 0.05) is 19.3 Å². The molecule has 0 bridgehead atoms. The molecule has 0 aliphatic carbocycles. The fraction of sp³-hybridized carbons (Fsp3) is 0.467. The Balaban J connectivity index is 2.81. The maximum Gasteiger partial charge on any atom is 0.0225 e. The average Bonchev–Trinajstić information content (AvgIpc) is 2.28. The number of hydrogen-bond acceptors (Lipinski definition) is 2. The molecule has 0 spiro atoms. The van der Waals surface area contributed by atoms with Crippen LogP contribution in [0, 0.1) is 0 Å². The number of hydrazine groups is 1. The van der Waals surface area contributed by atoms with Crippen LogP contribution in [0.5, 0.6) is 0 Å². The number of rotatable bonds is 6. The van der Waals surface area contributed by atoms with Crippen molar-refractivity contribution in [2.45, 2.75) is 39.7 Å². The molecular formula is C15H24N2. The first-order valence-electron chi connectivity index (χ1n) is 6.38. The van der Waals surface area contributed by atoms with Crippen LogP contribution in [-0.4, -0.2) is 18.1 Å². The highest BCUT2D eigenvalue weighted by molar-refractivity contribution is 5.64. The number of allylic oxidation sites excluding steroid dienone is 1. The molecule has 17 heavy (non-hydrogen) atoms. The summed E-state index contributed by atoms with van der Waals surface area (Å²) in [6.07, 6.45) is 4.46. The van der Waals surface area contributed by atoms with Crippen LogP contribution in [0.1, 0.15) is 39.2 Å². The number of nitrogens with zero attached hydrogens (tertiary/aromatic N) is 1. The summed E-state index contributed by atoms with van der Waals surface area (Å²) in [5, 5.41) is 2.06. The van der Waals surface area contributed by atoms with Crippen molar-refractivity contribution in [3.63, 3.8) is 0 Å². The van der Waals surface area contributed by atoms with Crippen LogP contribution in [0.25, 0.3) is 5.57 Å². The molecule has 0 saturated carbocycles. The summed E-state index contributed by atoms with van der Waals surface area (Å²) >= 11 is 0. The molecule has 0 aliphatic heterocycles. The summed E-state index contributed by atoms with van der Waals surface area (Å²) in [7, 11) is 2.05. The van der Waals surface area contributed by atoms with E-state index in [1.807, 2.05) is 0 Å². The highest BCUT2D eigenvalue weighted by Gasteiger charge is 2.02. The van der Waals surface area contributed by atoms with Crippen LogP contribution in [0.2, 0.25) is 0 Å². The number of nitrogens with one attached hydrogen (secondary N) is 1. The minimum atomic E-state index is 0.454. The SMILES string of the molecule is CCC/C(=C\N(C)NC(C)C)c1ccccc1. The Labute approximate surface area is 105 Å². The maximum absolute atomic E-state index is 3.36. The van der Waals surface area contributed by atoms with Gasteiger partial charge >= 0.3 is 0 Å². The Hall–Kier alpha value is -1.28. The molecule has 0 unspecified atom stereocenters. The molecule has 0 atom stereocenters. The normalized spacial score (nSPS) is 11.9. The van der Waals surface area contributed by atoms with Gasteiger partial charge in [0.1, 0.15) is 0 Å². The molecule has 2 nitrogen and oxygen atoms in total. The standard InChI is InChI=1S/C15H24N2/c1-5-9-15(12-17(4)16-13(2)3)14-10-7-6-8-11-14/h6-8,10-13,16H,5,9H2,1-4H3/b15-12+. The van der Waals surface area contributed by atoms with Gasteiger partial charge in [0.25, 0.3) is 0 Å². The van der Waals surface area contributed by atoms with E-state index in [1.165, 1.54) is 11.1 Å². The molecular weight excluding hydrogens is 208 g/mol. The molecule has 1 aromatic carbocycles. The van der Waals surface area contributed by atoms with Crippen molar-refractivity contribution >= 4 is 5.57 Å². The van der Waals surface area contributed by atoms with E-state index in [1.54, 1.807) is 0 Å².